The lowest BCUT2D eigenvalue weighted by molar-refractivity contribution is -0.214. The number of carboxylic acid groups (broad SMARTS) is 1. The number of carbonyl (C=O) groups is 4. The molecule has 5 aliphatic rings. The van der Waals surface area contributed by atoms with Gasteiger partial charge in [0.05, 0.1) is 24.5 Å². The molecule has 0 aromatic carbocycles. The summed E-state index contributed by atoms with van der Waals surface area (Å²) in [6, 6.07) is 3.82. The number of rotatable bonds is 12. The second-order valence-corrected chi connectivity index (χ2v) is 20.8. The van der Waals surface area contributed by atoms with Crippen molar-refractivity contribution in [2.45, 2.75) is 138 Å². The Morgan fingerprint density at radius 1 is 0.982 bits per heavy atom. The maximum atomic E-state index is 14.2. The Morgan fingerprint density at radius 2 is 1.68 bits per heavy atom. The molecule has 10 nitrogen and oxygen atoms in total. The predicted molar refractivity (Wildman–Crippen MR) is 215 cm³/mol. The summed E-state index contributed by atoms with van der Waals surface area (Å²) < 4.78 is 6.16. The number of allylic oxidation sites excluding steroid dienone is 1. The van der Waals surface area contributed by atoms with Crippen molar-refractivity contribution in [3.8, 4) is 0 Å². The molecule has 10 heteroatoms. The number of carbonyl (C=O) groups excluding carboxylic acids is 3. The van der Waals surface area contributed by atoms with E-state index in [1.165, 1.54) is 5.57 Å². The van der Waals surface area contributed by atoms with E-state index in [0.717, 1.165) is 62.5 Å². The van der Waals surface area contributed by atoms with Gasteiger partial charge in [0.25, 0.3) is 0 Å². The fourth-order valence-electron chi connectivity index (χ4n) is 13.3. The van der Waals surface area contributed by atoms with Gasteiger partial charge in [-0.15, -0.1) is 0 Å². The van der Waals surface area contributed by atoms with Gasteiger partial charge in [0, 0.05) is 42.7 Å². The fraction of sp³-hybridized carbons (Fsp3) is 0.761. The van der Waals surface area contributed by atoms with Crippen molar-refractivity contribution in [1.29, 1.82) is 0 Å². The molecule has 2 N–H and O–H groups in total. The standard InChI is InChI=1S/C46H69N3O7/c1-28(2)39-32(50)22-46(35(51)26-49(37(52)27-48(9)10)25-29-12-11-21-47-24-29)20-15-31-30(40(39)46)13-14-34-44(31,7)18-16-33-43(5,6)36(17-19-45(33,34)8)56-38(53)23-42(3,4)41(54)55/h11-12,21,24,28,30-31,33-36,51H,13-20,22-23,25-27H2,1-10H3,(H,54,55)/t30?,31?,33?,34?,35-,36?,44?,45?,46?/m0/s1. The van der Waals surface area contributed by atoms with Crippen LogP contribution in [-0.4, -0.2) is 88.0 Å². The van der Waals surface area contributed by atoms with E-state index in [2.05, 4.69) is 46.5 Å². The van der Waals surface area contributed by atoms with Gasteiger partial charge < -0.3 is 24.7 Å². The van der Waals surface area contributed by atoms with Gasteiger partial charge in [-0.1, -0.05) is 53.2 Å². The average Bonchev–Trinajstić information content (AvgIpc) is 3.42. The number of aliphatic carboxylic acids is 1. The highest BCUT2D eigenvalue weighted by molar-refractivity contribution is 6.00. The number of nitrogens with zero attached hydrogens (tertiary/aromatic N) is 3. The first-order chi connectivity index (χ1) is 26.1. The Kier molecular flexibility index (Phi) is 11.6. The Labute approximate surface area is 335 Å². The summed E-state index contributed by atoms with van der Waals surface area (Å²) in [6.45, 7) is 17.6. The fourth-order valence-corrected chi connectivity index (χ4v) is 13.3. The molecule has 0 saturated heterocycles. The summed E-state index contributed by atoms with van der Waals surface area (Å²) in [5.41, 5.74) is 0.986. The smallest absolute Gasteiger partial charge is 0.309 e. The number of aliphatic hydroxyl groups excluding tert-OH is 1. The molecule has 6 rings (SSSR count). The van der Waals surface area contributed by atoms with Crippen LogP contribution in [0, 0.1) is 56.7 Å². The summed E-state index contributed by atoms with van der Waals surface area (Å²) in [6.07, 6.45) is 9.98. The Morgan fingerprint density at radius 3 is 2.30 bits per heavy atom. The number of fused-ring (bicyclic) bond motifs is 7. The first-order valence-electron chi connectivity index (χ1n) is 21.3. The Hall–Kier alpha value is -3.11. The lowest BCUT2D eigenvalue weighted by Crippen LogP contribution is -2.63. The molecule has 310 valence electrons. The van der Waals surface area contributed by atoms with Crippen molar-refractivity contribution in [1.82, 2.24) is 14.8 Å². The molecule has 56 heavy (non-hydrogen) atoms. The van der Waals surface area contributed by atoms with Gasteiger partial charge in [-0.25, -0.2) is 0 Å². The van der Waals surface area contributed by atoms with Crippen LogP contribution in [0.5, 0.6) is 0 Å². The van der Waals surface area contributed by atoms with Gasteiger partial charge in [0.2, 0.25) is 5.91 Å². The van der Waals surface area contributed by atoms with Crippen molar-refractivity contribution in [3.05, 3.63) is 41.2 Å². The van der Waals surface area contributed by atoms with Gasteiger partial charge in [-0.3, -0.25) is 24.2 Å². The number of aliphatic hydroxyl groups is 1. The molecule has 0 spiro atoms. The molecule has 4 saturated carbocycles. The maximum absolute atomic E-state index is 14.2. The average molecular weight is 776 g/mol. The van der Waals surface area contributed by atoms with Gasteiger partial charge in [0.15, 0.2) is 5.78 Å². The summed E-state index contributed by atoms with van der Waals surface area (Å²) in [5, 5.41) is 22.1. The minimum Gasteiger partial charge on any atom is -0.481 e. The van der Waals surface area contributed by atoms with Crippen LogP contribution < -0.4 is 0 Å². The number of hydrogen-bond donors (Lipinski definition) is 2. The molecule has 1 amide bonds. The predicted octanol–water partition coefficient (Wildman–Crippen LogP) is 7.34. The molecule has 0 bridgehead atoms. The van der Waals surface area contributed by atoms with E-state index in [1.807, 2.05) is 31.1 Å². The van der Waals surface area contributed by atoms with E-state index in [1.54, 1.807) is 31.1 Å². The number of likely N-dealkylation sites (N-methyl/N-ethyl adjacent to an activating group) is 1. The van der Waals surface area contributed by atoms with E-state index in [0.29, 0.717) is 30.7 Å². The largest absolute Gasteiger partial charge is 0.481 e. The van der Waals surface area contributed by atoms with Crippen LogP contribution in [0.2, 0.25) is 0 Å². The highest BCUT2D eigenvalue weighted by Gasteiger charge is 2.67. The molecule has 1 aromatic heterocycles. The van der Waals surface area contributed by atoms with Crippen molar-refractivity contribution in [2.24, 2.45) is 56.7 Å². The molecule has 1 aromatic rings. The minimum atomic E-state index is -1.18. The number of ether oxygens (including phenoxy) is 1. The molecule has 1 heterocycles. The highest BCUT2D eigenvalue weighted by Crippen LogP contribution is 2.73. The molecule has 0 aliphatic heterocycles. The summed E-state index contributed by atoms with van der Waals surface area (Å²) in [4.78, 5) is 60.6. The number of carboxylic acids is 1. The van der Waals surface area contributed by atoms with Crippen LogP contribution >= 0.6 is 0 Å². The van der Waals surface area contributed by atoms with E-state index >= 15 is 0 Å². The Balaban J connectivity index is 1.27. The van der Waals surface area contributed by atoms with Crippen molar-refractivity contribution < 1.29 is 34.1 Å². The number of amides is 1. The molecule has 9 atom stereocenters. The van der Waals surface area contributed by atoms with Crippen molar-refractivity contribution >= 4 is 23.6 Å². The first-order valence-corrected chi connectivity index (χ1v) is 21.3. The van der Waals surface area contributed by atoms with E-state index in [-0.39, 0.29) is 65.4 Å². The minimum absolute atomic E-state index is 0.0408. The van der Waals surface area contributed by atoms with Crippen LogP contribution in [0.15, 0.2) is 35.7 Å². The first kappa shape index (κ1) is 42.5. The van der Waals surface area contributed by atoms with Crippen LogP contribution in [0.1, 0.15) is 125 Å². The second-order valence-electron chi connectivity index (χ2n) is 20.8. The zero-order valence-electron chi connectivity index (χ0n) is 35.8. The van der Waals surface area contributed by atoms with Crippen LogP contribution in [0.4, 0.5) is 0 Å². The van der Waals surface area contributed by atoms with E-state index in [4.69, 9.17) is 4.74 Å². The quantitative estimate of drug-likeness (QED) is 0.209. The third kappa shape index (κ3) is 7.28. The SMILES string of the molecule is CC(C)C1=C2C3CCC4C(C)(CCC5C(C)(C)C(OC(=O)CC(C)(C)C(=O)O)CCC54C)C3CCC2([C@@H](O)CN(Cc2cccnc2)C(=O)CN(C)C)CC1=O. The monoisotopic (exact) mass is 776 g/mol. The summed E-state index contributed by atoms with van der Waals surface area (Å²) in [5.74, 6) is 0.113. The lowest BCUT2D eigenvalue weighted by Gasteiger charge is -2.69. The second kappa shape index (κ2) is 15.2. The van der Waals surface area contributed by atoms with Gasteiger partial charge in [0.1, 0.15) is 6.10 Å². The molecule has 0 radical (unpaired) electrons. The third-order valence-corrected chi connectivity index (χ3v) is 16.0. The number of pyridine rings is 1. The molecule has 4 fully saturated rings. The topological polar surface area (TPSA) is 137 Å². The van der Waals surface area contributed by atoms with Crippen molar-refractivity contribution in [2.75, 3.05) is 27.2 Å². The van der Waals surface area contributed by atoms with Crippen LogP contribution in [0.25, 0.3) is 0 Å². The van der Waals surface area contributed by atoms with Crippen LogP contribution in [0.3, 0.4) is 0 Å². The lowest BCUT2D eigenvalue weighted by atomic mass is 9.36. The number of hydrogen-bond acceptors (Lipinski definition) is 8. The zero-order valence-corrected chi connectivity index (χ0v) is 35.8. The number of ketones is 1. The summed E-state index contributed by atoms with van der Waals surface area (Å²) in [7, 11) is 3.75. The maximum Gasteiger partial charge on any atom is 0.309 e. The molecule has 8 unspecified atom stereocenters. The third-order valence-electron chi connectivity index (χ3n) is 16.0. The Bertz CT molecular complexity index is 1720. The number of esters is 1. The number of Topliss-reactive ketones (excluding diaryl/α,β-unsaturated/α-hetero) is 1. The summed E-state index contributed by atoms with van der Waals surface area (Å²) >= 11 is 0. The number of aromatic nitrogens is 1. The highest BCUT2D eigenvalue weighted by atomic mass is 16.5. The normalized spacial score (nSPS) is 34.3. The van der Waals surface area contributed by atoms with E-state index in [9.17, 15) is 29.4 Å². The molecule has 5 aliphatic carbocycles. The van der Waals surface area contributed by atoms with Gasteiger partial charge in [-0.05, 0) is 137 Å². The van der Waals surface area contributed by atoms with Gasteiger partial charge in [-0.2, -0.15) is 0 Å². The van der Waals surface area contributed by atoms with Gasteiger partial charge >= 0.3 is 11.9 Å². The zero-order chi connectivity index (χ0) is 41.2. The van der Waals surface area contributed by atoms with E-state index < -0.39 is 28.9 Å². The van der Waals surface area contributed by atoms with Crippen molar-refractivity contribution in [3.63, 3.8) is 0 Å². The van der Waals surface area contributed by atoms with Crippen LogP contribution in [-0.2, 0) is 30.5 Å². The molecular weight excluding hydrogens is 707 g/mol. The molecular formula is C46H69N3O7.